The number of hydrogen-bond donors (Lipinski definition) is 0. The molecule has 0 amide bonds. The maximum absolute atomic E-state index is 9.50. The maximum Gasteiger partial charge on any atom is 0.159 e. The van der Waals surface area contributed by atoms with Crippen LogP contribution in [0.2, 0.25) is 0 Å². The van der Waals surface area contributed by atoms with Crippen LogP contribution >= 0.6 is 0 Å². The van der Waals surface area contributed by atoms with Gasteiger partial charge in [-0.25, -0.2) is 0 Å². The van der Waals surface area contributed by atoms with Crippen molar-refractivity contribution in [3.8, 4) is 34.4 Å². The second kappa shape index (κ2) is 10.4. The first-order chi connectivity index (χ1) is 20.7. The van der Waals surface area contributed by atoms with Crippen LogP contribution in [-0.4, -0.2) is 4.98 Å². The Balaban J connectivity index is 1.36. The summed E-state index contributed by atoms with van der Waals surface area (Å²) >= 11 is 0. The van der Waals surface area contributed by atoms with Crippen molar-refractivity contribution in [2.75, 3.05) is 4.90 Å². The highest BCUT2D eigenvalue weighted by atomic mass is 16.3. The van der Waals surface area contributed by atoms with Gasteiger partial charge >= 0.3 is 0 Å². The minimum atomic E-state index is 0.367. The first kappa shape index (κ1) is 24.8. The summed E-state index contributed by atoms with van der Waals surface area (Å²) in [6.07, 6.45) is 3.60. The molecule has 196 valence electrons. The predicted molar refractivity (Wildman–Crippen MR) is 166 cm³/mol. The average molecular weight is 539 g/mol. The molecule has 0 aliphatic carbocycles. The number of benzene rings is 5. The predicted octanol–water partition coefficient (Wildman–Crippen LogP) is 9.53. The van der Waals surface area contributed by atoms with Crippen molar-refractivity contribution in [1.82, 2.24) is 4.98 Å². The smallest absolute Gasteiger partial charge is 0.159 e. The van der Waals surface area contributed by atoms with Gasteiger partial charge in [0.1, 0.15) is 17.7 Å². The summed E-state index contributed by atoms with van der Waals surface area (Å²) in [7, 11) is 0. The molecule has 5 heteroatoms. The molecule has 0 aliphatic rings. The molecule has 0 saturated heterocycles. The van der Waals surface area contributed by atoms with E-state index in [1.165, 1.54) is 0 Å². The Morgan fingerprint density at radius 3 is 1.83 bits per heavy atom. The highest BCUT2D eigenvalue weighted by Crippen LogP contribution is 2.42. The van der Waals surface area contributed by atoms with Crippen LogP contribution in [0.4, 0.5) is 17.1 Å². The van der Waals surface area contributed by atoms with E-state index in [2.05, 4.69) is 82.7 Å². The van der Waals surface area contributed by atoms with Crippen LogP contribution in [0.15, 0.2) is 138 Å². The molecule has 0 unspecified atom stereocenters. The first-order valence-corrected chi connectivity index (χ1v) is 13.5. The normalized spacial score (nSPS) is 10.8. The van der Waals surface area contributed by atoms with Gasteiger partial charge in [-0.2, -0.15) is 10.5 Å². The van der Waals surface area contributed by atoms with Crippen LogP contribution in [0.5, 0.6) is 0 Å². The average Bonchev–Trinajstić information content (AvgIpc) is 3.45. The van der Waals surface area contributed by atoms with Crippen LogP contribution in [0.1, 0.15) is 11.1 Å². The Morgan fingerprint density at radius 2 is 1.14 bits per heavy atom. The molecule has 5 nitrogen and oxygen atoms in total. The molecule has 7 aromatic rings. The molecular weight excluding hydrogens is 516 g/mol. The second-order valence-electron chi connectivity index (χ2n) is 9.90. The number of rotatable bonds is 5. The van der Waals surface area contributed by atoms with Gasteiger partial charge in [0.15, 0.2) is 5.58 Å². The van der Waals surface area contributed by atoms with Gasteiger partial charge in [0.05, 0.1) is 16.8 Å². The van der Waals surface area contributed by atoms with Crippen molar-refractivity contribution in [3.05, 3.63) is 145 Å². The molecule has 0 bridgehead atoms. The van der Waals surface area contributed by atoms with E-state index < -0.39 is 0 Å². The van der Waals surface area contributed by atoms with Crippen LogP contribution in [-0.2, 0) is 0 Å². The standard InChI is InChI=1S/C37H22N4O/c38-23-29-9-8-28(22-30(29)24-39)26-12-16-32(17-13-26)41(31-14-10-25(11-15-31)27-18-20-40-21-19-27)35-6-3-5-34-33-4-1-2-7-36(33)42-37(34)35/h1-22H. The van der Waals surface area contributed by atoms with Gasteiger partial charge in [-0.15, -0.1) is 0 Å². The minimum Gasteiger partial charge on any atom is -0.454 e. The van der Waals surface area contributed by atoms with Crippen LogP contribution in [0.25, 0.3) is 44.2 Å². The molecule has 2 aromatic heterocycles. The molecule has 0 aliphatic heterocycles. The molecule has 0 atom stereocenters. The molecule has 0 fully saturated rings. The zero-order valence-electron chi connectivity index (χ0n) is 22.4. The molecule has 42 heavy (non-hydrogen) atoms. The van der Waals surface area contributed by atoms with E-state index in [0.717, 1.165) is 61.3 Å². The number of nitrogens with zero attached hydrogens (tertiary/aromatic N) is 4. The second-order valence-corrected chi connectivity index (χ2v) is 9.90. The Hall–Kier alpha value is -6.17. The van der Waals surface area contributed by atoms with Gasteiger partial charge in [0.2, 0.25) is 0 Å². The number of anilines is 3. The third-order valence-electron chi connectivity index (χ3n) is 7.48. The fourth-order valence-corrected chi connectivity index (χ4v) is 5.40. The summed E-state index contributed by atoms with van der Waals surface area (Å²) in [5.74, 6) is 0. The summed E-state index contributed by atoms with van der Waals surface area (Å²) in [6, 6.07) is 44.5. The van der Waals surface area contributed by atoms with E-state index in [1.807, 2.05) is 48.5 Å². The highest BCUT2D eigenvalue weighted by molar-refractivity contribution is 6.10. The third-order valence-corrected chi connectivity index (χ3v) is 7.48. The molecule has 2 heterocycles. The Morgan fingerprint density at radius 1 is 0.548 bits per heavy atom. The van der Waals surface area contributed by atoms with E-state index in [0.29, 0.717) is 11.1 Å². The van der Waals surface area contributed by atoms with Crippen LogP contribution in [0, 0.1) is 22.7 Å². The Kier molecular flexibility index (Phi) is 6.17. The summed E-state index contributed by atoms with van der Waals surface area (Å²) in [6.45, 7) is 0. The van der Waals surface area contributed by atoms with Crippen molar-refractivity contribution < 1.29 is 4.42 Å². The van der Waals surface area contributed by atoms with Crippen molar-refractivity contribution in [1.29, 1.82) is 10.5 Å². The van der Waals surface area contributed by atoms with E-state index in [-0.39, 0.29) is 0 Å². The maximum atomic E-state index is 9.50. The van der Waals surface area contributed by atoms with Crippen LogP contribution < -0.4 is 4.90 Å². The zero-order valence-corrected chi connectivity index (χ0v) is 22.4. The van der Waals surface area contributed by atoms with Gasteiger partial charge in [-0.05, 0) is 82.9 Å². The van der Waals surface area contributed by atoms with Crippen molar-refractivity contribution in [2.24, 2.45) is 0 Å². The van der Waals surface area contributed by atoms with Crippen LogP contribution in [0.3, 0.4) is 0 Å². The number of para-hydroxylation sites is 2. The lowest BCUT2D eigenvalue weighted by molar-refractivity contribution is 0.669. The molecule has 7 rings (SSSR count). The van der Waals surface area contributed by atoms with Crippen molar-refractivity contribution in [3.63, 3.8) is 0 Å². The fraction of sp³-hybridized carbons (Fsp3) is 0. The first-order valence-electron chi connectivity index (χ1n) is 13.5. The number of aromatic nitrogens is 1. The molecule has 0 spiro atoms. The van der Waals surface area contributed by atoms with Gasteiger partial charge in [0, 0.05) is 34.5 Å². The van der Waals surface area contributed by atoms with Gasteiger partial charge < -0.3 is 9.32 Å². The molecule has 0 N–H and O–H groups in total. The van der Waals surface area contributed by atoms with Gasteiger partial charge in [-0.1, -0.05) is 60.7 Å². The van der Waals surface area contributed by atoms with Crippen molar-refractivity contribution in [2.45, 2.75) is 0 Å². The summed E-state index contributed by atoms with van der Waals surface area (Å²) in [5.41, 5.74) is 9.31. The summed E-state index contributed by atoms with van der Waals surface area (Å²) in [4.78, 5) is 6.34. The monoisotopic (exact) mass is 538 g/mol. The number of nitriles is 2. The third kappa shape index (κ3) is 4.32. The number of pyridine rings is 1. The summed E-state index contributed by atoms with van der Waals surface area (Å²) in [5, 5.41) is 20.9. The quantitative estimate of drug-likeness (QED) is 0.218. The lowest BCUT2D eigenvalue weighted by atomic mass is 9.99. The molecular formula is C37H22N4O. The largest absolute Gasteiger partial charge is 0.454 e. The van der Waals surface area contributed by atoms with E-state index in [1.54, 1.807) is 24.5 Å². The number of furan rings is 1. The molecule has 0 radical (unpaired) electrons. The van der Waals surface area contributed by atoms with Gasteiger partial charge in [0.25, 0.3) is 0 Å². The Labute approximate surface area is 242 Å². The van der Waals surface area contributed by atoms with Crippen molar-refractivity contribution >= 4 is 39.0 Å². The summed E-state index contributed by atoms with van der Waals surface area (Å²) < 4.78 is 6.44. The lowest BCUT2D eigenvalue weighted by Gasteiger charge is -2.26. The van der Waals surface area contributed by atoms with E-state index in [9.17, 15) is 10.5 Å². The number of fused-ring (bicyclic) bond motifs is 3. The van der Waals surface area contributed by atoms with E-state index in [4.69, 9.17) is 4.42 Å². The number of hydrogen-bond acceptors (Lipinski definition) is 5. The zero-order chi connectivity index (χ0) is 28.5. The van der Waals surface area contributed by atoms with Gasteiger partial charge in [-0.3, -0.25) is 4.98 Å². The minimum absolute atomic E-state index is 0.367. The lowest BCUT2D eigenvalue weighted by Crippen LogP contribution is -2.10. The Bertz CT molecular complexity index is 2150. The SMILES string of the molecule is N#Cc1ccc(-c2ccc(N(c3ccc(-c4ccncc4)cc3)c3cccc4c3oc3ccccc34)cc2)cc1C#N. The molecule has 5 aromatic carbocycles. The fourth-order valence-electron chi connectivity index (χ4n) is 5.40. The van der Waals surface area contributed by atoms with E-state index >= 15 is 0 Å². The molecule has 0 saturated carbocycles. The highest BCUT2D eigenvalue weighted by Gasteiger charge is 2.19. The topological polar surface area (TPSA) is 76.8 Å².